The number of fused-ring (bicyclic) bond motifs is 2. The molecule has 4 heteroatoms. The van der Waals surface area contributed by atoms with Crippen molar-refractivity contribution in [1.82, 2.24) is 0 Å². The summed E-state index contributed by atoms with van der Waals surface area (Å²) in [6, 6.07) is 13.4. The van der Waals surface area contributed by atoms with Gasteiger partial charge in [-0.2, -0.15) is 0 Å². The average molecular weight is 320 g/mol. The van der Waals surface area contributed by atoms with E-state index in [4.69, 9.17) is 9.47 Å². The molecule has 0 unspecified atom stereocenters. The van der Waals surface area contributed by atoms with Crippen LogP contribution in [0.4, 0.5) is 0 Å². The normalized spacial score (nSPS) is 11.4. The van der Waals surface area contributed by atoms with Gasteiger partial charge < -0.3 is 9.47 Å². The van der Waals surface area contributed by atoms with Crippen molar-refractivity contribution in [3.05, 3.63) is 59.2 Å². The molecule has 0 radical (unpaired) electrons. The van der Waals surface area contributed by atoms with Gasteiger partial charge in [-0.15, -0.1) is 0 Å². The summed E-state index contributed by atoms with van der Waals surface area (Å²) in [5.74, 6) is 1.31. The third-order valence-electron chi connectivity index (χ3n) is 3.19. The van der Waals surface area contributed by atoms with Gasteiger partial charge in [0.1, 0.15) is 11.5 Å². The number of hydrogen-bond acceptors (Lipinski definition) is 3. The maximum absolute atomic E-state index is 12.0. The summed E-state index contributed by atoms with van der Waals surface area (Å²) in [4.78, 5) is 12.0. The van der Waals surface area contributed by atoms with Crippen LogP contribution in [0.2, 0.25) is 0 Å². The molecule has 0 spiro atoms. The Labute approximate surface area is 130 Å². The molecule has 1 aliphatic heterocycles. The van der Waals surface area contributed by atoms with Crippen molar-refractivity contribution in [2.24, 2.45) is 0 Å². The predicted octanol–water partition coefficient (Wildman–Crippen LogP) is 3.56. The molecule has 0 aromatic heterocycles. The van der Waals surface area contributed by atoms with Crippen LogP contribution in [0.1, 0.15) is 28.4 Å². The fraction of sp³-hybridized carbons (Fsp3) is 0.188. The topological polar surface area (TPSA) is 35.5 Å². The molecule has 0 fully saturated rings. The molecule has 1 heterocycles. The minimum atomic E-state index is -0.290. The van der Waals surface area contributed by atoms with Gasteiger partial charge in [-0.3, -0.25) is 0 Å². The van der Waals surface area contributed by atoms with Crippen LogP contribution in [0.5, 0.6) is 11.5 Å². The third kappa shape index (κ3) is 2.61. The zero-order valence-electron chi connectivity index (χ0n) is 11.4. The van der Waals surface area contributed by atoms with E-state index in [0.29, 0.717) is 18.6 Å². The Morgan fingerprint density at radius 1 is 1.15 bits per heavy atom. The monoisotopic (exact) mass is 318 g/mol. The van der Waals surface area contributed by atoms with E-state index in [1.807, 2.05) is 36.4 Å². The van der Waals surface area contributed by atoms with E-state index in [2.05, 4.69) is 0 Å². The number of benzene rings is 2. The van der Waals surface area contributed by atoms with Gasteiger partial charge in [0, 0.05) is 31.5 Å². The SMILES string of the molecule is CCOC(=O)c1cccc2c1Cc1ccccc1O2.[Zn]. The molecule has 0 N–H and O–H groups in total. The van der Waals surface area contributed by atoms with E-state index in [9.17, 15) is 4.79 Å². The van der Waals surface area contributed by atoms with Crippen molar-refractivity contribution in [1.29, 1.82) is 0 Å². The second kappa shape index (κ2) is 6.19. The van der Waals surface area contributed by atoms with Crippen molar-refractivity contribution in [2.75, 3.05) is 6.61 Å². The number of carbonyl (C=O) groups excluding carboxylic acids is 1. The van der Waals surface area contributed by atoms with Gasteiger partial charge in [-0.1, -0.05) is 24.3 Å². The molecular formula is C16H14O3Zn. The molecular weight excluding hydrogens is 306 g/mol. The smallest absolute Gasteiger partial charge is 0.338 e. The van der Waals surface area contributed by atoms with Crippen molar-refractivity contribution in [3.63, 3.8) is 0 Å². The first-order chi connectivity index (χ1) is 9.29. The van der Waals surface area contributed by atoms with Crippen LogP contribution in [0.15, 0.2) is 42.5 Å². The molecule has 3 nitrogen and oxygen atoms in total. The summed E-state index contributed by atoms with van der Waals surface area (Å²) >= 11 is 0. The molecule has 1 aliphatic rings. The number of rotatable bonds is 2. The van der Waals surface area contributed by atoms with Crippen LogP contribution < -0.4 is 4.74 Å². The Hall–Kier alpha value is -1.67. The number of esters is 1. The van der Waals surface area contributed by atoms with Crippen molar-refractivity contribution >= 4 is 5.97 Å². The van der Waals surface area contributed by atoms with E-state index in [0.717, 1.165) is 22.6 Å². The summed E-state index contributed by atoms with van der Waals surface area (Å²) in [5.41, 5.74) is 2.58. The molecule has 0 saturated carbocycles. The summed E-state index contributed by atoms with van der Waals surface area (Å²) in [6.07, 6.45) is 0.695. The maximum atomic E-state index is 12.0. The van der Waals surface area contributed by atoms with E-state index < -0.39 is 0 Å². The van der Waals surface area contributed by atoms with E-state index in [-0.39, 0.29) is 25.4 Å². The first-order valence-electron chi connectivity index (χ1n) is 6.34. The molecule has 20 heavy (non-hydrogen) atoms. The second-order valence-electron chi connectivity index (χ2n) is 4.39. The van der Waals surface area contributed by atoms with E-state index in [1.165, 1.54) is 0 Å². The van der Waals surface area contributed by atoms with Crippen LogP contribution in [-0.4, -0.2) is 12.6 Å². The Morgan fingerprint density at radius 2 is 1.90 bits per heavy atom. The van der Waals surface area contributed by atoms with Crippen LogP contribution in [0, 0.1) is 0 Å². The summed E-state index contributed by atoms with van der Waals surface area (Å²) in [7, 11) is 0. The Kier molecular flexibility index (Phi) is 4.56. The van der Waals surface area contributed by atoms with Crippen LogP contribution in [0.3, 0.4) is 0 Å². The zero-order valence-corrected chi connectivity index (χ0v) is 14.4. The number of carbonyl (C=O) groups is 1. The number of hydrogen-bond donors (Lipinski definition) is 0. The minimum absolute atomic E-state index is 0. The van der Waals surface area contributed by atoms with Crippen LogP contribution >= 0.6 is 0 Å². The van der Waals surface area contributed by atoms with Gasteiger partial charge >= 0.3 is 5.97 Å². The second-order valence-corrected chi connectivity index (χ2v) is 4.39. The molecule has 2 aromatic carbocycles. The van der Waals surface area contributed by atoms with Crippen molar-refractivity contribution < 1.29 is 33.7 Å². The minimum Gasteiger partial charge on any atom is -0.462 e. The summed E-state index contributed by atoms with van der Waals surface area (Å²) < 4.78 is 10.9. The number of ether oxygens (including phenoxy) is 2. The van der Waals surface area contributed by atoms with E-state index >= 15 is 0 Å². The van der Waals surface area contributed by atoms with Gasteiger partial charge in [0.15, 0.2) is 0 Å². The van der Waals surface area contributed by atoms with Crippen molar-refractivity contribution in [2.45, 2.75) is 13.3 Å². The summed E-state index contributed by atoms with van der Waals surface area (Å²) in [6.45, 7) is 2.18. The molecule has 98 valence electrons. The average Bonchev–Trinajstić information content (AvgIpc) is 2.44. The Balaban J connectivity index is 0.00000147. The third-order valence-corrected chi connectivity index (χ3v) is 3.19. The van der Waals surface area contributed by atoms with Gasteiger partial charge in [-0.25, -0.2) is 4.79 Å². The van der Waals surface area contributed by atoms with Crippen LogP contribution in [-0.2, 0) is 30.6 Å². The summed E-state index contributed by atoms with van der Waals surface area (Å²) in [5, 5.41) is 0. The molecule has 0 saturated heterocycles. The first kappa shape index (κ1) is 14.7. The number of para-hydroxylation sites is 1. The quantitative estimate of drug-likeness (QED) is 0.535. The van der Waals surface area contributed by atoms with Crippen molar-refractivity contribution in [3.8, 4) is 11.5 Å². The van der Waals surface area contributed by atoms with Gasteiger partial charge in [-0.05, 0) is 30.7 Å². The Bertz CT molecular complexity index is 637. The maximum Gasteiger partial charge on any atom is 0.338 e. The van der Waals surface area contributed by atoms with Crippen LogP contribution in [0.25, 0.3) is 0 Å². The fourth-order valence-electron chi connectivity index (χ4n) is 2.30. The fourth-order valence-corrected chi connectivity index (χ4v) is 2.30. The first-order valence-corrected chi connectivity index (χ1v) is 6.34. The van der Waals surface area contributed by atoms with E-state index in [1.54, 1.807) is 13.0 Å². The van der Waals surface area contributed by atoms with Gasteiger partial charge in [0.05, 0.1) is 12.2 Å². The molecule has 0 bridgehead atoms. The largest absolute Gasteiger partial charge is 0.462 e. The molecule has 0 aliphatic carbocycles. The van der Waals surface area contributed by atoms with Gasteiger partial charge in [0.25, 0.3) is 0 Å². The standard InChI is InChI=1S/C16H14O3.Zn/c1-2-18-16(17)12-7-5-9-15-13(12)10-11-6-3-4-8-14(11)19-15;/h3-9H,2,10H2,1H3;. The zero-order chi connectivity index (χ0) is 13.2. The molecule has 0 amide bonds. The predicted molar refractivity (Wildman–Crippen MR) is 71.7 cm³/mol. The molecule has 3 rings (SSSR count). The van der Waals surface area contributed by atoms with Gasteiger partial charge in [0.2, 0.25) is 0 Å². The molecule has 2 aromatic rings. The molecule has 0 atom stereocenters. The Morgan fingerprint density at radius 3 is 2.70 bits per heavy atom.